The fourth-order valence-corrected chi connectivity index (χ4v) is 1.93. The van der Waals surface area contributed by atoms with Gasteiger partial charge in [0.25, 0.3) is 5.69 Å². The molecule has 2 aromatic carbocycles. The van der Waals surface area contributed by atoms with E-state index in [-0.39, 0.29) is 10.7 Å². The number of rotatable bonds is 5. The number of anilines is 1. The maximum absolute atomic E-state index is 10.8. The van der Waals surface area contributed by atoms with Gasteiger partial charge in [-0.25, -0.2) is 0 Å². The van der Waals surface area contributed by atoms with Gasteiger partial charge < -0.3 is 10.1 Å². The van der Waals surface area contributed by atoms with Crippen LogP contribution in [0.4, 0.5) is 11.4 Å². The second-order valence-corrected chi connectivity index (χ2v) is 4.54. The van der Waals surface area contributed by atoms with Crippen LogP contribution in [0, 0.1) is 10.1 Å². The minimum Gasteiger partial charge on any atom is -0.497 e. The fourth-order valence-electron chi connectivity index (χ4n) is 1.75. The van der Waals surface area contributed by atoms with E-state index in [0.717, 1.165) is 17.0 Å². The van der Waals surface area contributed by atoms with Gasteiger partial charge in [-0.3, -0.25) is 10.1 Å². The molecule has 0 aromatic heterocycles. The predicted molar refractivity (Wildman–Crippen MR) is 78.4 cm³/mol. The molecule has 1 N–H and O–H groups in total. The topological polar surface area (TPSA) is 64.4 Å². The van der Waals surface area contributed by atoms with Gasteiger partial charge in [0.15, 0.2) is 0 Å². The van der Waals surface area contributed by atoms with Crippen LogP contribution in [0.25, 0.3) is 0 Å². The Morgan fingerprint density at radius 2 is 2.10 bits per heavy atom. The smallest absolute Gasteiger partial charge is 0.288 e. The number of nitrogens with zero attached hydrogens (tertiary/aromatic N) is 1. The van der Waals surface area contributed by atoms with Crippen LogP contribution < -0.4 is 10.1 Å². The van der Waals surface area contributed by atoms with Crippen molar-refractivity contribution >= 4 is 23.0 Å². The Hall–Kier alpha value is -2.27. The van der Waals surface area contributed by atoms with Crippen molar-refractivity contribution in [3.63, 3.8) is 0 Å². The molecule has 0 aliphatic carbocycles. The molecule has 0 saturated carbocycles. The Balaban J connectivity index is 2.10. The first-order chi connectivity index (χ1) is 9.60. The molecule has 0 aliphatic heterocycles. The van der Waals surface area contributed by atoms with Crippen LogP contribution in [0.2, 0.25) is 5.02 Å². The van der Waals surface area contributed by atoms with E-state index in [4.69, 9.17) is 16.3 Å². The monoisotopic (exact) mass is 292 g/mol. The Bertz CT molecular complexity index is 632. The number of methoxy groups -OCH3 is 1. The van der Waals surface area contributed by atoms with Crippen LogP contribution in [0.5, 0.6) is 5.75 Å². The zero-order chi connectivity index (χ0) is 14.5. The molecule has 0 heterocycles. The van der Waals surface area contributed by atoms with Gasteiger partial charge in [-0.15, -0.1) is 0 Å². The first kappa shape index (κ1) is 14.1. The van der Waals surface area contributed by atoms with E-state index >= 15 is 0 Å². The Kier molecular flexibility index (Phi) is 4.42. The van der Waals surface area contributed by atoms with E-state index in [1.807, 2.05) is 24.3 Å². The van der Waals surface area contributed by atoms with Gasteiger partial charge in [0.05, 0.1) is 12.0 Å². The van der Waals surface area contributed by atoms with Crippen molar-refractivity contribution in [1.29, 1.82) is 0 Å². The molecule has 0 fully saturated rings. The van der Waals surface area contributed by atoms with Gasteiger partial charge in [-0.1, -0.05) is 23.7 Å². The summed E-state index contributed by atoms with van der Waals surface area (Å²) in [6.45, 7) is 0.463. The van der Waals surface area contributed by atoms with Crippen LogP contribution in [0.3, 0.4) is 0 Å². The highest BCUT2D eigenvalue weighted by molar-refractivity contribution is 6.32. The van der Waals surface area contributed by atoms with Crippen molar-refractivity contribution < 1.29 is 9.66 Å². The predicted octanol–water partition coefficient (Wildman–Crippen LogP) is 3.87. The van der Waals surface area contributed by atoms with Crippen molar-refractivity contribution in [2.45, 2.75) is 6.54 Å². The zero-order valence-electron chi connectivity index (χ0n) is 10.8. The first-order valence-electron chi connectivity index (χ1n) is 5.91. The normalized spacial score (nSPS) is 10.1. The highest BCUT2D eigenvalue weighted by Gasteiger charge is 2.12. The van der Waals surface area contributed by atoms with Crippen LogP contribution in [0.15, 0.2) is 42.5 Å². The summed E-state index contributed by atoms with van der Waals surface area (Å²) in [5, 5.41) is 14.1. The number of ether oxygens (including phenoxy) is 1. The summed E-state index contributed by atoms with van der Waals surface area (Å²) < 4.78 is 5.13. The SMILES string of the molecule is COc1cccc(NCc2ccc(Cl)c([N+](=O)[O-])c2)c1. The van der Waals surface area contributed by atoms with Crippen LogP contribution in [-0.4, -0.2) is 12.0 Å². The van der Waals surface area contributed by atoms with Gasteiger partial charge in [0.2, 0.25) is 0 Å². The molecule has 20 heavy (non-hydrogen) atoms. The minimum absolute atomic E-state index is 0.0865. The van der Waals surface area contributed by atoms with E-state index in [2.05, 4.69) is 5.32 Å². The minimum atomic E-state index is -0.489. The molecule has 0 saturated heterocycles. The number of hydrogen-bond acceptors (Lipinski definition) is 4. The van der Waals surface area contributed by atoms with E-state index in [1.54, 1.807) is 13.2 Å². The van der Waals surface area contributed by atoms with E-state index < -0.39 is 4.92 Å². The standard InChI is InChI=1S/C14H13ClN2O3/c1-20-12-4-2-3-11(8-12)16-9-10-5-6-13(15)14(7-10)17(18)19/h2-8,16H,9H2,1H3. The van der Waals surface area contributed by atoms with Gasteiger partial charge in [-0.2, -0.15) is 0 Å². The highest BCUT2D eigenvalue weighted by Crippen LogP contribution is 2.25. The maximum atomic E-state index is 10.8. The van der Waals surface area contributed by atoms with Crippen molar-refractivity contribution in [1.82, 2.24) is 0 Å². The highest BCUT2D eigenvalue weighted by atomic mass is 35.5. The fraction of sp³-hybridized carbons (Fsp3) is 0.143. The molecule has 0 unspecified atom stereocenters. The molecule has 0 aliphatic rings. The first-order valence-corrected chi connectivity index (χ1v) is 6.28. The van der Waals surface area contributed by atoms with Crippen molar-refractivity contribution in [2.24, 2.45) is 0 Å². The lowest BCUT2D eigenvalue weighted by atomic mass is 10.2. The van der Waals surface area contributed by atoms with Crippen LogP contribution in [-0.2, 0) is 6.54 Å². The number of hydrogen-bond donors (Lipinski definition) is 1. The molecule has 0 amide bonds. The molecular formula is C14H13ClN2O3. The summed E-state index contributed by atoms with van der Waals surface area (Å²) in [4.78, 5) is 10.3. The molecule has 2 rings (SSSR count). The molecule has 0 bridgehead atoms. The quantitative estimate of drug-likeness (QED) is 0.671. The second kappa shape index (κ2) is 6.25. The molecule has 5 nitrogen and oxygen atoms in total. The van der Waals surface area contributed by atoms with Crippen molar-refractivity contribution in [2.75, 3.05) is 12.4 Å². The van der Waals surface area contributed by atoms with Crippen LogP contribution >= 0.6 is 11.6 Å². The molecule has 6 heteroatoms. The Morgan fingerprint density at radius 3 is 2.80 bits per heavy atom. The van der Waals surface area contributed by atoms with Crippen molar-refractivity contribution in [3.05, 3.63) is 63.2 Å². The lowest BCUT2D eigenvalue weighted by Gasteiger charge is -2.08. The number of nitrogens with one attached hydrogen (secondary N) is 1. The van der Waals surface area contributed by atoms with Crippen molar-refractivity contribution in [3.8, 4) is 5.75 Å². The van der Waals surface area contributed by atoms with Gasteiger partial charge in [-0.05, 0) is 23.8 Å². The number of nitro benzene ring substituents is 1. The average molecular weight is 293 g/mol. The van der Waals surface area contributed by atoms with Crippen LogP contribution in [0.1, 0.15) is 5.56 Å². The summed E-state index contributed by atoms with van der Waals surface area (Å²) in [6, 6.07) is 12.2. The number of halogens is 1. The largest absolute Gasteiger partial charge is 0.497 e. The molecule has 0 radical (unpaired) electrons. The lowest BCUT2D eigenvalue weighted by molar-refractivity contribution is -0.384. The summed E-state index contributed by atoms with van der Waals surface area (Å²) >= 11 is 5.77. The van der Waals surface area contributed by atoms with E-state index in [9.17, 15) is 10.1 Å². The third-order valence-corrected chi connectivity index (χ3v) is 3.09. The summed E-state index contributed by atoms with van der Waals surface area (Å²) in [5.74, 6) is 0.747. The number of nitro groups is 1. The van der Waals surface area contributed by atoms with E-state index in [1.165, 1.54) is 12.1 Å². The number of benzene rings is 2. The Morgan fingerprint density at radius 1 is 1.30 bits per heavy atom. The van der Waals surface area contributed by atoms with Gasteiger partial charge >= 0.3 is 0 Å². The second-order valence-electron chi connectivity index (χ2n) is 4.13. The molecule has 0 atom stereocenters. The maximum Gasteiger partial charge on any atom is 0.288 e. The van der Waals surface area contributed by atoms with E-state index in [0.29, 0.717) is 6.54 Å². The molecule has 104 valence electrons. The Labute approximate surface area is 121 Å². The summed E-state index contributed by atoms with van der Waals surface area (Å²) in [5.41, 5.74) is 1.57. The molecule has 2 aromatic rings. The third kappa shape index (κ3) is 3.39. The summed E-state index contributed by atoms with van der Waals surface area (Å²) in [6.07, 6.45) is 0. The lowest BCUT2D eigenvalue weighted by Crippen LogP contribution is -2.00. The molecule has 0 spiro atoms. The molecular weight excluding hydrogens is 280 g/mol. The average Bonchev–Trinajstić information content (AvgIpc) is 2.46. The third-order valence-electron chi connectivity index (χ3n) is 2.77. The summed E-state index contributed by atoms with van der Waals surface area (Å²) in [7, 11) is 1.60. The zero-order valence-corrected chi connectivity index (χ0v) is 11.6. The van der Waals surface area contributed by atoms with Gasteiger partial charge in [0.1, 0.15) is 10.8 Å². The van der Waals surface area contributed by atoms with Gasteiger partial charge in [0, 0.05) is 24.4 Å².